The number of benzene rings is 2. The molecule has 3 aromatic rings. The average Bonchev–Trinajstić information content (AvgIpc) is 2.93. The van der Waals surface area contributed by atoms with E-state index in [9.17, 15) is 13.2 Å². The van der Waals surface area contributed by atoms with Crippen LogP contribution in [0.4, 0.5) is 13.2 Å². The third-order valence-electron chi connectivity index (χ3n) is 4.23. The number of halogens is 4. The van der Waals surface area contributed by atoms with Gasteiger partial charge in [0.25, 0.3) is 0 Å². The van der Waals surface area contributed by atoms with E-state index in [2.05, 4.69) is 4.98 Å². The molecular formula is C19H18ClF3N2. The summed E-state index contributed by atoms with van der Waals surface area (Å²) in [6, 6.07) is 11.9. The van der Waals surface area contributed by atoms with Crippen LogP contribution in [0.25, 0.3) is 22.2 Å². The number of aromatic amines is 1. The Labute approximate surface area is 148 Å². The van der Waals surface area contributed by atoms with Gasteiger partial charge in [-0.05, 0) is 49.1 Å². The number of hydrogen-bond acceptors (Lipinski definition) is 1. The van der Waals surface area contributed by atoms with Gasteiger partial charge in [-0.15, -0.1) is 0 Å². The van der Waals surface area contributed by atoms with E-state index in [4.69, 9.17) is 17.3 Å². The molecule has 6 heteroatoms. The number of rotatable bonds is 5. The molecule has 0 amide bonds. The Kier molecular flexibility index (Phi) is 5.06. The fourth-order valence-electron chi connectivity index (χ4n) is 3.10. The molecule has 0 saturated heterocycles. The Morgan fingerprint density at radius 3 is 2.40 bits per heavy atom. The van der Waals surface area contributed by atoms with Gasteiger partial charge in [0, 0.05) is 16.1 Å². The van der Waals surface area contributed by atoms with Crippen molar-refractivity contribution in [3.63, 3.8) is 0 Å². The number of aromatic nitrogens is 1. The Morgan fingerprint density at radius 1 is 1.04 bits per heavy atom. The van der Waals surface area contributed by atoms with Gasteiger partial charge in [-0.3, -0.25) is 0 Å². The lowest BCUT2D eigenvalue weighted by Crippen LogP contribution is -2.05. The molecule has 0 bridgehead atoms. The Balaban J connectivity index is 2.25. The monoisotopic (exact) mass is 366 g/mol. The Morgan fingerprint density at radius 2 is 1.76 bits per heavy atom. The zero-order valence-electron chi connectivity index (χ0n) is 13.5. The first-order valence-corrected chi connectivity index (χ1v) is 8.46. The molecule has 25 heavy (non-hydrogen) atoms. The van der Waals surface area contributed by atoms with E-state index in [1.54, 1.807) is 6.07 Å². The molecule has 0 aliphatic rings. The van der Waals surface area contributed by atoms with Crippen molar-refractivity contribution in [1.29, 1.82) is 0 Å². The molecule has 1 aromatic heterocycles. The van der Waals surface area contributed by atoms with Gasteiger partial charge in [-0.2, -0.15) is 13.2 Å². The molecular weight excluding hydrogens is 349 g/mol. The Hall–Kier alpha value is -1.98. The quantitative estimate of drug-likeness (QED) is 0.551. The topological polar surface area (TPSA) is 41.8 Å². The highest BCUT2D eigenvalue weighted by atomic mass is 35.5. The van der Waals surface area contributed by atoms with Crippen LogP contribution in [0.2, 0.25) is 5.02 Å². The van der Waals surface area contributed by atoms with Crippen LogP contribution < -0.4 is 5.73 Å². The van der Waals surface area contributed by atoms with Gasteiger partial charge < -0.3 is 10.7 Å². The number of nitrogens with one attached hydrogen (secondary N) is 1. The molecule has 3 rings (SSSR count). The lowest BCUT2D eigenvalue weighted by Gasteiger charge is -2.09. The molecule has 0 atom stereocenters. The Bertz CT molecular complexity index is 870. The fraction of sp³-hybridized carbons (Fsp3) is 0.263. The molecule has 2 nitrogen and oxygen atoms in total. The van der Waals surface area contributed by atoms with Crippen LogP contribution in [0.5, 0.6) is 0 Å². The second-order valence-electron chi connectivity index (χ2n) is 5.96. The third-order valence-corrected chi connectivity index (χ3v) is 4.45. The summed E-state index contributed by atoms with van der Waals surface area (Å²) < 4.78 is 40.4. The highest BCUT2D eigenvalue weighted by molar-refractivity contribution is 6.31. The van der Waals surface area contributed by atoms with Crippen LogP contribution in [-0.4, -0.2) is 11.5 Å². The van der Waals surface area contributed by atoms with Gasteiger partial charge in [0.15, 0.2) is 0 Å². The highest BCUT2D eigenvalue weighted by Gasteiger charge is 2.34. The maximum absolute atomic E-state index is 13.5. The molecule has 0 aliphatic carbocycles. The van der Waals surface area contributed by atoms with Crippen molar-refractivity contribution in [2.45, 2.75) is 25.4 Å². The van der Waals surface area contributed by atoms with Crippen molar-refractivity contribution in [1.82, 2.24) is 4.98 Å². The highest BCUT2D eigenvalue weighted by Crippen LogP contribution is 2.41. The number of alkyl halides is 3. The zero-order chi connectivity index (χ0) is 18.0. The van der Waals surface area contributed by atoms with E-state index in [0.29, 0.717) is 24.0 Å². The normalized spacial score (nSPS) is 12.0. The van der Waals surface area contributed by atoms with Crippen LogP contribution in [0.15, 0.2) is 42.5 Å². The molecule has 0 saturated carbocycles. The van der Waals surface area contributed by atoms with Crippen LogP contribution >= 0.6 is 11.6 Å². The first-order chi connectivity index (χ1) is 11.9. The van der Waals surface area contributed by atoms with Crippen molar-refractivity contribution in [3.8, 4) is 11.3 Å². The predicted molar refractivity (Wildman–Crippen MR) is 95.7 cm³/mol. The van der Waals surface area contributed by atoms with Crippen molar-refractivity contribution >= 4 is 22.5 Å². The van der Waals surface area contributed by atoms with E-state index in [1.165, 1.54) is 0 Å². The van der Waals surface area contributed by atoms with Gasteiger partial charge in [-0.1, -0.05) is 41.9 Å². The summed E-state index contributed by atoms with van der Waals surface area (Å²) in [6.07, 6.45) is -2.22. The van der Waals surface area contributed by atoms with Crippen LogP contribution in [0, 0.1) is 0 Å². The van der Waals surface area contributed by atoms with Gasteiger partial charge in [-0.25, -0.2) is 0 Å². The van der Waals surface area contributed by atoms with Crippen molar-refractivity contribution in [3.05, 3.63) is 58.6 Å². The molecule has 0 spiro atoms. The molecule has 2 aromatic carbocycles. The number of fused-ring (bicyclic) bond motifs is 1. The number of hydrogen-bond donors (Lipinski definition) is 2. The van der Waals surface area contributed by atoms with Crippen molar-refractivity contribution < 1.29 is 13.2 Å². The predicted octanol–water partition coefficient (Wildman–Crippen LogP) is 5.79. The largest absolute Gasteiger partial charge is 0.418 e. The van der Waals surface area contributed by atoms with E-state index < -0.39 is 11.7 Å². The summed E-state index contributed by atoms with van der Waals surface area (Å²) >= 11 is 5.98. The minimum Gasteiger partial charge on any atom is -0.354 e. The molecule has 0 fully saturated rings. The van der Waals surface area contributed by atoms with Crippen molar-refractivity contribution in [2.75, 3.05) is 6.54 Å². The molecule has 0 aliphatic heterocycles. The third kappa shape index (κ3) is 3.67. The smallest absolute Gasteiger partial charge is 0.354 e. The standard InChI is InChI=1S/C19H18ClF3N2/c20-13-10-15-14(8-4-5-9-24)17(12-6-2-1-3-7-12)25-18(15)16(11-13)19(21,22)23/h1-3,6-7,10-11,25H,4-5,8-9,24H2. The lowest BCUT2D eigenvalue weighted by atomic mass is 9.99. The van der Waals surface area contributed by atoms with E-state index in [1.807, 2.05) is 30.3 Å². The molecule has 132 valence electrons. The first kappa shape index (κ1) is 17.8. The second kappa shape index (κ2) is 7.10. The summed E-state index contributed by atoms with van der Waals surface area (Å²) in [7, 11) is 0. The van der Waals surface area contributed by atoms with Crippen LogP contribution in [0.1, 0.15) is 24.0 Å². The summed E-state index contributed by atoms with van der Waals surface area (Å²) in [5.41, 5.74) is 7.31. The summed E-state index contributed by atoms with van der Waals surface area (Å²) in [6.45, 7) is 0.553. The van der Waals surface area contributed by atoms with E-state index in [-0.39, 0.29) is 10.5 Å². The summed E-state index contributed by atoms with van der Waals surface area (Å²) in [5, 5.41) is 0.606. The van der Waals surface area contributed by atoms with Crippen LogP contribution in [-0.2, 0) is 12.6 Å². The van der Waals surface area contributed by atoms with Gasteiger partial charge in [0.05, 0.1) is 11.1 Å². The summed E-state index contributed by atoms with van der Waals surface area (Å²) in [5.74, 6) is 0. The van der Waals surface area contributed by atoms with Gasteiger partial charge >= 0.3 is 6.18 Å². The van der Waals surface area contributed by atoms with E-state index in [0.717, 1.165) is 30.0 Å². The van der Waals surface area contributed by atoms with Gasteiger partial charge in [0.1, 0.15) is 0 Å². The molecule has 0 radical (unpaired) electrons. The zero-order valence-corrected chi connectivity index (χ0v) is 14.2. The van der Waals surface area contributed by atoms with Crippen molar-refractivity contribution in [2.24, 2.45) is 5.73 Å². The van der Waals surface area contributed by atoms with Gasteiger partial charge in [0.2, 0.25) is 0 Å². The lowest BCUT2D eigenvalue weighted by molar-refractivity contribution is -0.136. The number of nitrogens with two attached hydrogens (primary N) is 1. The molecule has 0 unspecified atom stereocenters. The number of unbranched alkanes of at least 4 members (excludes halogenated alkanes) is 1. The maximum Gasteiger partial charge on any atom is 0.418 e. The summed E-state index contributed by atoms with van der Waals surface area (Å²) in [4.78, 5) is 3.00. The molecule has 1 heterocycles. The molecule has 3 N–H and O–H groups in total. The number of H-pyrrole nitrogens is 1. The minimum absolute atomic E-state index is 0.0819. The fourth-order valence-corrected chi connectivity index (χ4v) is 3.31. The number of aryl methyl sites for hydroxylation is 1. The minimum atomic E-state index is -4.48. The maximum atomic E-state index is 13.5. The first-order valence-electron chi connectivity index (χ1n) is 8.08. The second-order valence-corrected chi connectivity index (χ2v) is 6.40. The SMILES string of the molecule is NCCCCc1c(-c2ccccc2)[nH]c2c(C(F)(F)F)cc(Cl)cc12. The van der Waals surface area contributed by atoms with E-state index >= 15 is 0 Å². The average molecular weight is 367 g/mol. The van der Waals surface area contributed by atoms with Crippen LogP contribution in [0.3, 0.4) is 0 Å².